The van der Waals surface area contributed by atoms with Crippen molar-refractivity contribution in [3.05, 3.63) is 29.3 Å². The SMILES string of the molecule is CC(=O)c1ccc2c(c1)CCN2CCCCCCO. The van der Waals surface area contributed by atoms with Crippen LogP contribution in [0.2, 0.25) is 0 Å². The second kappa shape index (κ2) is 6.71. The number of fused-ring (bicyclic) bond motifs is 1. The van der Waals surface area contributed by atoms with E-state index < -0.39 is 0 Å². The molecule has 0 aliphatic carbocycles. The van der Waals surface area contributed by atoms with E-state index in [-0.39, 0.29) is 5.78 Å². The van der Waals surface area contributed by atoms with Crippen LogP contribution in [0.25, 0.3) is 0 Å². The number of hydrogen-bond acceptors (Lipinski definition) is 3. The first-order valence-electron chi connectivity index (χ1n) is 7.22. The average molecular weight is 261 g/mol. The van der Waals surface area contributed by atoms with Crippen molar-refractivity contribution in [1.82, 2.24) is 0 Å². The molecule has 1 aromatic carbocycles. The minimum atomic E-state index is 0.144. The van der Waals surface area contributed by atoms with Gasteiger partial charge in [0, 0.05) is 30.9 Å². The Hall–Kier alpha value is -1.35. The Bertz CT molecular complexity index is 442. The van der Waals surface area contributed by atoms with Gasteiger partial charge in [-0.25, -0.2) is 0 Å². The van der Waals surface area contributed by atoms with Crippen molar-refractivity contribution < 1.29 is 9.90 Å². The molecule has 0 bridgehead atoms. The highest BCUT2D eigenvalue weighted by Crippen LogP contribution is 2.29. The molecule has 19 heavy (non-hydrogen) atoms. The van der Waals surface area contributed by atoms with Crippen molar-refractivity contribution in [2.75, 3.05) is 24.6 Å². The summed E-state index contributed by atoms with van der Waals surface area (Å²) in [5, 5.41) is 8.74. The fraction of sp³-hybridized carbons (Fsp3) is 0.562. The van der Waals surface area contributed by atoms with Crippen LogP contribution in [0.3, 0.4) is 0 Å². The Balaban J connectivity index is 1.89. The number of unbranched alkanes of at least 4 members (excludes halogenated alkanes) is 3. The molecule has 1 aliphatic heterocycles. The molecule has 1 N–H and O–H groups in total. The summed E-state index contributed by atoms with van der Waals surface area (Å²) in [5.41, 5.74) is 3.43. The van der Waals surface area contributed by atoms with Gasteiger partial charge >= 0.3 is 0 Å². The lowest BCUT2D eigenvalue weighted by Crippen LogP contribution is -2.21. The van der Waals surface area contributed by atoms with Crippen molar-refractivity contribution in [1.29, 1.82) is 0 Å². The van der Waals surface area contributed by atoms with E-state index in [1.165, 1.54) is 24.1 Å². The highest BCUT2D eigenvalue weighted by Gasteiger charge is 2.19. The maximum atomic E-state index is 11.4. The quantitative estimate of drug-likeness (QED) is 0.606. The van der Waals surface area contributed by atoms with Crippen LogP contribution < -0.4 is 4.90 Å². The molecule has 0 unspecified atom stereocenters. The first kappa shape index (κ1) is 14.1. The predicted molar refractivity (Wildman–Crippen MR) is 77.9 cm³/mol. The van der Waals surface area contributed by atoms with Crippen LogP contribution >= 0.6 is 0 Å². The van der Waals surface area contributed by atoms with Crippen molar-refractivity contribution in [2.45, 2.75) is 39.0 Å². The Labute approximate surface area is 115 Å². The second-order valence-corrected chi connectivity index (χ2v) is 5.27. The lowest BCUT2D eigenvalue weighted by atomic mass is 10.1. The van der Waals surface area contributed by atoms with Gasteiger partial charge in [0.1, 0.15) is 0 Å². The normalized spacial score (nSPS) is 13.7. The van der Waals surface area contributed by atoms with Crippen LogP contribution in [0.15, 0.2) is 18.2 Å². The molecule has 3 nitrogen and oxygen atoms in total. The molecule has 0 saturated carbocycles. The highest BCUT2D eigenvalue weighted by atomic mass is 16.2. The van der Waals surface area contributed by atoms with Gasteiger partial charge in [0.15, 0.2) is 5.78 Å². The molecule has 0 fully saturated rings. The topological polar surface area (TPSA) is 40.5 Å². The van der Waals surface area contributed by atoms with Crippen LogP contribution in [-0.2, 0) is 6.42 Å². The zero-order valence-electron chi connectivity index (χ0n) is 11.7. The van der Waals surface area contributed by atoms with E-state index in [0.717, 1.165) is 37.9 Å². The lowest BCUT2D eigenvalue weighted by Gasteiger charge is -2.19. The molecule has 0 radical (unpaired) electrons. The third kappa shape index (κ3) is 3.57. The number of Topliss-reactive ketones (excluding diaryl/α,β-unsaturated/α-hetero) is 1. The van der Waals surface area contributed by atoms with Crippen molar-refractivity contribution >= 4 is 11.5 Å². The summed E-state index contributed by atoms with van der Waals surface area (Å²) in [5.74, 6) is 0.144. The van der Waals surface area contributed by atoms with E-state index >= 15 is 0 Å². The molecule has 1 heterocycles. The zero-order chi connectivity index (χ0) is 13.7. The number of nitrogens with zero attached hydrogens (tertiary/aromatic N) is 1. The van der Waals surface area contributed by atoms with Gasteiger partial charge < -0.3 is 10.0 Å². The fourth-order valence-corrected chi connectivity index (χ4v) is 2.69. The van der Waals surface area contributed by atoms with E-state index in [9.17, 15) is 4.79 Å². The van der Waals surface area contributed by atoms with Gasteiger partial charge in [-0.2, -0.15) is 0 Å². The number of anilines is 1. The Morgan fingerprint density at radius 3 is 2.79 bits per heavy atom. The van der Waals surface area contributed by atoms with Crippen molar-refractivity contribution in [3.63, 3.8) is 0 Å². The van der Waals surface area contributed by atoms with Gasteiger partial charge in [0.25, 0.3) is 0 Å². The van der Waals surface area contributed by atoms with Crippen LogP contribution in [0.4, 0.5) is 5.69 Å². The second-order valence-electron chi connectivity index (χ2n) is 5.27. The van der Waals surface area contributed by atoms with E-state index in [2.05, 4.69) is 11.0 Å². The molecular formula is C16H23NO2. The zero-order valence-corrected chi connectivity index (χ0v) is 11.7. The van der Waals surface area contributed by atoms with Gasteiger partial charge in [-0.05, 0) is 49.9 Å². The number of benzene rings is 1. The molecule has 1 aromatic rings. The van der Waals surface area contributed by atoms with Gasteiger partial charge in [-0.3, -0.25) is 4.79 Å². The summed E-state index contributed by atoms with van der Waals surface area (Å²) < 4.78 is 0. The molecule has 0 aromatic heterocycles. The number of rotatable bonds is 7. The Kier molecular flexibility index (Phi) is 4.97. The Morgan fingerprint density at radius 1 is 1.26 bits per heavy atom. The monoisotopic (exact) mass is 261 g/mol. The summed E-state index contributed by atoms with van der Waals surface area (Å²) in [6, 6.07) is 6.07. The van der Waals surface area contributed by atoms with Crippen LogP contribution in [0.5, 0.6) is 0 Å². The van der Waals surface area contributed by atoms with E-state index in [1.807, 2.05) is 12.1 Å². The first-order valence-corrected chi connectivity index (χ1v) is 7.22. The van der Waals surface area contributed by atoms with Gasteiger partial charge in [-0.1, -0.05) is 12.8 Å². The molecule has 0 spiro atoms. The summed E-state index contributed by atoms with van der Waals surface area (Å²) in [6.07, 6.45) is 5.43. The highest BCUT2D eigenvalue weighted by molar-refractivity contribution is 5.94. The third-order valence-corrected chi connectivity index (χ3v) is 3.81. The average Bonchev–Trinajstić information content (AvgIpc) is 2.81. The molecule has 0 amide bonds. The summed E-state index contributed by atoms with van der Waals surface area (Å²) >= 11 is 0. The van der Waals surface area contributed by atoms with E-state index in [4.69, 9.17) is 5.11 Å². The smallest absolute Gasteiger partial charge is 0.159 e. The molecule has 1 aliphatic rings. The maximum Gasteiger partial charge on any atom is 0.159 e. The molecule has 2 rings (SSSR count). The maximum absolute atomic E-state index is 11.4. The molecular weight excluding hydrogens is 238 g/mol. The lowest BCUT2D eigenvalue weighted by molar-refractivity contribution is 0.101. The van der Waals surface area contributed by atoms with Crippen LogP contribution in [0.1, 0.15) is 48.5 Å². The summed E-state index contributed by atoms with van der Waals surface area (Å²) in [4.78, 5) is 13.8. The van der Waals surface area contributed by atoms with Gasteiger partial charge in [0.2, 0.25) is 0 Å². The molecule has 0 atom stereocenters. The van der Waals surface area contributed by atoms with Crippen LogP contribution in [-0.4, -0.2) is 30.6 Å². The van der Waals surface area contributed by atoms with E-state index in [0.29, 0.717) is 6.61 Å². The first-order chi connectivity index (χ1) is 9.22. The summed E-state index contributed by atoms with van der Waals surface area (Å²) in [6.45, 7) is 4.07. The minimum absolute atomic E-state index is 0.144. The minimum Gasteiger partial charge on any atom is -0.396 e. The number of carbonyl (C=O) groups is 1. The largest absolute Gasteiger partial charge is 0.396 e. The standard InChI is InChI=1S/C16H23NO2/c1-13(19)14-6-7-16-15(12-14)8-10-17(16)9-4-2-3-5-11-18/h6-7,12,18H,2-5,8-11H2,1H3. The van der Waals surface area contributed by atoms with Crippen molar-refractivity contribution in [2.24, 2.45) is 0 Å². The molecule has 104 valence electrons. The van der Waals surface area contributed by atoms with Gasteiger partial charge in [-0.15, -0.1) is 0 Å². The summed E-state index contributed by atoms with van der Waals surface area (Å²) in [7, 11) is 0. The van der Waals surface area contributed by atoms with Crippen molar-refractivity contribution in [3.8, 4) is 0 Å². The van der Waals surface area contributed by atoms with Crippen LogP contribution in [0, 0.1) is 0 Å². The fourth-order valence-electron chi connectivity index (χ4n) is 2.69. The molecule has 0 saturated heterocycles. The number of aliphatic hydroxyl groups excluding tert-OH is 1. The Morgan fingerprint density at radius 2 is 2.05 bits per heavy atom. The predicted octanol–water partition coefficient (Wildman–Crippen LogP) is 2.80. The number of hydrogen-bond donors (Lipinski definition) is 1. The number of aliphatic hydroxyl groups is 1. The third-order valence-electron chi connectivity index (χ3n) is 3.81. The van der Waals surface area contributed by atoms with Gasteiger partial charge in [0.05, 0.1) is 0 Å². The number of ketones is 1. The van der Waals surface area contributed by atoms with E-state index in [1.54, 1.807) is 6.92 Å². The molecule has 3 heteroatoms. The number of carbonyl (C=O) groups excluding carboxylic acids is 1.